The molecule has 0 aliphatic carbocycles. The monoisotopic (exact) mass is 317 g/mol. The number of nitrogens with one attached hydrogen (secondary N) is 1. The Morgan fingerprint density at radius 1 is 1.15 bits per heavy atom. The van der Waals surface area contributed by atoms with E-state index in [0.29, 0.717) is 10.6 Å². The van der Waals surface area contributed by atoms with Gasteiger partial charge in [0.15, 0.2) is 9.84 Å². The van der Waals surface area contributed by atoms with E-state index in [4.69, 9.17) is 0 Å². The number of hydrogen-bond acceptors (Lipinski definition) is 4. The molecule has 0 aliphatic heterocycles. The first kappa shape index (κ1) is 17.3. The van der Waals surface area contributed by atoms with Crippen LogP contribution in [-0.4, -0.2) is 36.7 Å². The Hall–Kier alpha value is -0.720. The maximum Gasteiger partial charge on any atom is 0.175 e. The van der Waals surface area contributed by atoms with Crippen LogP contribution in [0.5, 0.6) is 0 Å². The van der Waals surface area contributed by atoms with Crippen LogP contribution in [0.2, 0.25) is 0 Å². The standard InChI is InChI=1S/C14H23NO3S2/c1-14(2,3)15-10-5-11-19(16)12-6-8-13(9-7-12)20(4,17)18/h6-9,15H,5,10-11H2,1-4H3. The Balaban J connectivity index is 2.53. The molecular weight excluding hydrogens is 294 g/mol. The van der Waals surface area contributed by atoms with Gasteiger partial charge in [-0.25, -0.2) is 8.42 Å². The van der Waals surface area contributed by atoms with Gasteiger partial charge in [-0.3, -0.25) is 4.21 Å². The largest absolute Gasteiger partial charge is 0.312 e. The van der Waals surface area contributed by atoms with Crippen molar-refractivity contribution in [2.24, 2.45) is 0 Å². The second-order valence-electron chi connectivity index (χ2n) is 5.82. The molecular formula is C14H23NO3S2. The van der Waals surface area contributed by atoms with Gasteiger partial charge in [-0.1, -0.05) is 0 Å². The molecule has 0 heterocycles. The van der Waals surface area contributed by atoms with Crippen LogP contribution < -0.4 is 5.32 Å². The summed E-state index contributed by atoms with van der Waals surface area (Å²) in [6, 6.07) is 6.28. The van der Waals surface area contributed by atoms with Crippen LogP contribution in [0.15, 0.2) is 34.1 Å². The topological polar surface area (TPSA) is 63.2 Å². The van der Waals surface area contributed by atoms with Crippen molar-refractivity contribution >= 4 is 20.6 Å². The number of sulfone groups is 1. The first-order valence-electron chi connectivity index (χ1n) is 6.53. The molecule has 0 radical (unpaired) electrons. The van der Waals surface area contributed by atoms with E-state index < -0.39 is 20.6 Å². The highest BCUT2D eigenvalue weighted by Crippen LogP contribution is 2.13. The Morgan fingerprint density at radius 2 is 1.70 bits per heavy atom. The van der Waals surface area contributed by atoms with Crippen molar-refractivity contribution in [1.82, 2.24) is 5.32 Å². The lowest BCUT2D eigenvalue weighted by Crippen LogP contribution is -2.36. The fourth-order valence-electron chi connectivity index (χ4n) is 1.62. The van der Waals surface area contributed by atoms with Gasteiger partial charge in [-0.15, -0.1) is 0 Å². The molecule has 1 aromatic rings. The van der Waals surface area contributed by atoms with Gasteiger partial charge in [0.05, 0.1) is 15.7 Å². The third-order valence-electron chi connectivity index (χ3n) is 2.68. The zero-order chi connectivity index (χ0) is 15.4. The van der Waals surface area contributed by atoms with Gasteiger partial charge in [0, 0.05) is 22.4 Å². The van der Waals surface area contributed by atoms with Crippen molar-refractivity contribution in [3.05, 3.63) is 24.3 Å². The molecule has 114 valence electrons. The maximum absolute atomic E-state index is 12.1. The summed E-state index contributed by atoms with van der Waals surface area (Å²) >= 11 is 0. The van der Waals surface area contributed by atoms with Gasteiger partial charge in [0.25, 0.3) is 0 Å². The Morgan fingerprint density at radius 3 is 2.15 bits per heavy atom. The highest BCUT2D eigenvalue weighted by Gasteiger charge is 2.10. The molecule has 0 fully saturated rings. The van der Waals surface area contributed by atoms with Crippen molar-refractivity contribution in [2.45, 2.75) is 42.5 Å². The van der Waals surface area contributed by atoms with E-state index >= 15 is 0 Å². The van der Waals surface area contributed by atoms with E-state index in [1.165, 1.54) is 12.1 Å². The first-order valence-corrected chi connectivity index (χ1v) is 9.74. The molecule has 1 N–H and O–H groups in total. The Bertz CT molecular complexity index is 557. The maximum atomic E-state index is 12.1. The quantitative estimate of drug-likeness (QED) is 0.815. The molecule has 1 aromatic carbocycles. The van der Waals surface area contributed by atoms with Crippen molar-refractivity contribution in [3.8, 4) is 0 Å². The minimum absolute atomic E-state index is 0.0681. The van der Waals surface area contributed by atoms with Crippen molar-refractivity contribution in [1.29, 1.82) is 0 Å². The Kier molecular flexibility index (Phi) is 5.91. The molecule has 0 aromatic heterocycles. The molecule has 1 unspecified atom stereocenters. The molecule has 20 heavy (non-hydrogen) atoms. The number of benzene rings is 1. The average Bonchev–Trinajstić information content (AvgIpc) is 2.32. The molecule has 0 saturated carbocycles. The van der Waals surface area contributed by atoms with Gasteiger partial charge < -0.3 is 5.32 Å². The lowest BCUT2D eigenvalue weighted by atomic mass is 10.1. The zero-order valence-electron chi connectivity index (χ0n) is 12.5. The van der Waals surface area contributed by atoms with E-state index in [-0.39, 0.29) is 10.4 Å². The van der Waals surface area contributed by atoms with E-state index in [1.807, 2.05) is 0 Å². The summed E-state index contributed by atoms with van der Waals surface area (Å²) in [4.78, 5) is 0.931. The van der Waals surface area contributed by atoms with Crippen LogP contribution in [0.1, 0.15) is 27.2 Å². The molecule has 1 rings (SSSR count). The average molecular weight is 317 g/mol. The highest BCUT2D eigenvalue weighted by molar-refractivity contribution is 7.90. The van der Waals surface area contributed by atoms with Gasteiger partial charge in [-0.2, -0.15) is 0 Å². The smallest absolute Gasteiger partial charge is 0.175 e. The van der Waals surface area contributed by atoms with Gasteiger partial charge in [-0.05, 0) is 58.0 Å². The Labute approximate surface area is 124 Å². The van der Waals surface area contributed by atoms with Crippen LogP contribution in [0.3, 0.4) is 0 Å². The molecule has 0 aliphatic rings. The molecule has 0 spiro atoms. The summed E-state index contributed by atoms with van der Waals surface area (Å²) in [6.45, 7) is 7.09. The predicted molar refractivity (Wildman–Crippen MR) is 83.2 cm³/mol. The minimum atomic E-state index is -3.19. The van der Waals surface area contributed by atoms with Crippen LogP contribution in [0.25, 0.3) is 0 Å². The summed E-state index contributed by atoms with van der Waals surface area (Å²) < 4.78 is 34.7. The van der Waals surface area contributed by atoms with Crippen LogP contribution >= 0.6 is 0 Å². The summed E-state index contributed by atoms with van der Waals surface area (Å²) in [5.74, 6) is 0.571. The molecule has 6 heteroatoms. The van der Waals surface area contributed by atoms with E-state index in [1.54, 1.807) is 12.1 Å². The fourth-order valence-corrected chi connectivity index (χ4v) is 3.34. The molecule has 4 nitrogen and oxygen atoms in total. The number of hydrogen-bond donors (Lipinski definition) is 1. The molecule has 0 saturated heterocycles. The van der Waals surface area contributed by atoms with E-state index in [0.717, 1.165) is 19.2 Å². The van der Waals surface area contributed by atoms with Gasteiger partial charge in [0.1, 0.15) is 0 Å². The lowest BCUT2D eigenvalue weighted by molar-refractivity contribution is 0.427. The summed E-state index contributed by atoms with van der Waals surface area (Å²) in [7, 11) is -4.27. The van der Waals surface area contributed by atoms with Crippen molar-refractivity contribution in [2.75, 3.05) is 18.6 Å². The normalized spacial score (nSPS) is 14.2. The van der Waals surface area contributed by atoms with Crippen LogP contribution in [-0.2, 0) is 20.6 Å². The molecule has 1 atom stereocenters. The molecule has 0 bridgehead atoms. The second kappa shape index (κ2) is 6.83. The van der Waals surface area contributed by atoms with E-state index in [9.17, 15) is 12.6 Å². The molecule has 0 amide bonds. The predicted octanol–water partition coefficient (Wildman–Crippen LogP) is 1.98. The highest BCUT2D eigenvalue weighted by atomic mass is 32.2. The summed E-state index contributed by atoms with van der Waals surface area (Å²) in [5.41, 5.74) is 0.0681. The first-order chi connectivity index (χ1) is 9.09. The van der Waals surface area contributed by atoms with Crippen molar-refractivity contribution < 1.29 is 12.6 Å². The summed E-state index contributed by atoms with van der Waals surface area (Å²) in [5, 5.41) is 3.34. The second-order valence-corrected chi connectivity index (χ2v) is 9.41. The SMILES string of the molecule is CC(C)(C)NCCCS(=O)c1ccc(S(C)(=O)=O)cc1. The van der Waals surface area contributed by atoms with E-state index in [2.05, 4.69) is 26.1 Å². The van der Waals surface area contributed by atoms with Crippen LogP contribution in [0.4, 0.5) is 0 Å². The third-order valence-corrected chi connectivity index (χ3v) is 5.26. The lowest BCUT2D eigenvalue weighted by Gasteiger charge is -2.20. The number of rotatable bonds is 6. The summed E-state index contributed by atoms with van der Waals surface area (Å²) in [6.07, 6.45) is 1.98. The fraction of sp³-hybridized carbons (Fsp3) is 0.571. The third kappa shape index (κ3) is 6.15. The zero-order valence-corrected chi connectivity index (χ0v) is 14.1. The van der Waals surface area contributed by atoms with Gasteiger partial charge in [0.2, 0.25) is 0 Å². The van der Waals surface area contributed by atoms with Crippen molar-refractivity contribution in [3.63, 3.8) is 0 Å². The minimum Gasteiger partial charge on any atom is -0.312 e. The van der Waals surface area contributed by atoms with Crippen LogP contribution in [0, 0.1) is 0 Å². The van der Waals surface area contributed by atoms with Gasteiger partial charge >= 0.3 is 0 Å².